The van der Waals surface area contributed by atoms with Crippen LogP contribution in [0.3, 0.4) is 0 Å². The molecular weight excluding hydrogens is 266 g/mol. The molecule has 114 valence electrons. The fourth-order valence-electron chi connectivity index (χ4n) is 1.88. The van der Waals surface area contributed by atoms with Crippen LogP contribution in [0.25, 0.3) is 0 Å². The topological polar surface area (TPSA) is 95.0 Å². The molecule has 0 spiro atoms. The van der Waals surface area contributed by atoms with E-state index in [9.17, 15) is 4.79 Å². The smallest absolute Gasteiger partial charge is 0.254 e. The van der Waals surface area contributed by atoms with Crippen LogP contribution in [0.1, 0.15) is 50.2 Å². The molecule has 1 heterocycles. The Kier molecular flexibility index (Phi) is 5.68. The number of carbonyl (C=O) groups is 1. The number of nitrogens with zero attached hydrogens (tertiary/aromatic N) is 3. The molecule has 0 saturated heterocycles. The Morgan fingerprint density at radius 2 is 2.14 bits per heavy atom. The van der Waals surface area contributed by atoms with Crippen LogP contribution in [-0.2, 0) is 5.41 Å². The van der Waals surface area contributed by atoms with Crippen molar-refractivity contribution >= 4 is 11.7 Å². The highest BCUT2D eigenvalue weighted by Gasteiger charge is 2.21. The van der Waals surface area contributed by atoms with Gasteiger partial charge < -0.3 is 10.3 Å². The molecule has 1 aromatic rings. The van der Waals surface area contributed by atoms with E-state index in [-0.39, 0.29) is 11.3 Å². The Balaban J connectivity index is 3.16. The van der Waals surface area contributed by atoms with Crippen molar-refractivity contribution in [3.8, 4) is 6.07 Å². The predicted molar refractivity (Wildman–Crippen MR) is 82.6 cm³/mol. The molecule has 0 aliphatic carbocycles. The number of pyridine rings is 1. The van der Waals surface area contributed by atoms with Crippen LogP contribution in [0, 0.1) is 11.3 Å². The van der Waals surface area contributed by atoms with Crippen molar-refractivity contribution in [3.63, 3.8) is 0 Å². The minimum atomic E-state index is -0.189. The number of amides is 1. The van der Waals surface area contributed by atoms with Crippen LogP contribution >= 0.6 is 0 Å². The van der Waals surface area contributed by atoms with Gasteiger partial charge in [-0.15, -0.1) is 0 Å². The number of hydrogen-bond donors (Lipinski definition) is 2. The highest BCUT2D eigenvalue weighted by Crippen LogP contribution is 2.23. The van der Waals surface area contributed by atoms with Gasteiger partial charge in [0.2, 0.25) is 0 Å². The number of nitrogen functional groups attached to an aromatic ring is 1. The molecule has 0 radical (unpaired) electrons. The molecular formula is C15H23N5O. The van der Waals surface area contributed by atoms with Crippen molar-refractivity contribution in [1.82, 2.24) is 9.88 Å². The molecule has 1 aromatic heterocycles. The highest BCUT2D eigenvalue weighted by atomic mass is 16.2. The van der Waals surface area contributed by atoms with Crippen molar-refractivity contribution < 1.29 is 4.79 Å². The Morgan fingerprint density at radius 1 is 1.48 bits per heavy atom. The van der Waals surface area contributed by atoms with Crippen LogP contribution < -0.4 is 11.3 Å². The second-order valence-corrected chi connectivity index (χ2v) is 5.81. The van der Waals surface area contributed by atoms with E-state index in [4.69, 9.17) is 11.1 Å². The average molecular weight is 289 g/mol. The van der Waals surface area contributed by atoms with Crippen LogP contribution in [-0.4, -0.2) is 28.9 Å². The summed E-state index contributed by atoms with van der Waals surface area (Å²) in [5, 5.41) is 8.67. The van der Waals surface area contributed by atoms with Gasteiger partial charge >= 0.3 is 0 Å². The number of hydrogen-bond acceptors (Lipinski definition) is 5. The minimum absolute atomic E-state index is 0.114. The summed E-state index contributed by atoms with van der Waals surface area (Å²) in [6.07, 6.45) is 0.318. The lowest BCUT2D eigenvalue weighted by Crippen LogP contribution is -2.32. The normalized spacial score (nSPS) is 10.9. The molecule has 0 saturated carbocycles. The Hall–Kier alpha value is -2.13. The summed E-state index contributed by atoms with van der Waals surface area (Å²) in [6, 6.07) is 5.48. The van der Waals surface area contributed by atoms with Crippen molar-refractivity contribution in [2.45, 2.75) is 39.5 Å². The van der Waals surface area contributed by atoms with E-state index < -0.39 is 0 Å². The first-order valence-corrected chi connectivity index (χ1v) is 6.99. The maximum Gasteiger partial charge on any atom is 0.254 e. The molecule has 0 unspecified atom stereocenters. The molecule has 6 heteroatoms. The first-order valence-electron chi connectivity index (χ1n) is 6.99. The fourth-order valence-corrected chi connectivity index (χ4v) is 1.88. The molecule has 3 N–H and O–H groups in total. The van der Waals surface area contributed by atoms with Gasteiger partial charge in [0.1, 0.15) is 5.82 Å². The van der Waals surface area contributed by atoms with Crippen molar-refractivity contribution in [2.24, 2.45) is 5.84 Å². The second kappa shape index (κ2) is 7.04. The van der Waals surface area contributed by atoms with Crippen molar-refractivity contribution in [1.29, 1.82) is 5.26 Å². The Bertz CT molecular complexity index is 542. The third kappa shape index (κ3) is 4.43. The summed E-state index contributed by atoms with van der Waals surface area (Å²) >= 11 is 0. The first-order chi connectivity index (χ1) is 9.83. The van der Waals surface area contributed by atoms with Crippen molar-refractivity contribution in [2.75, 3.05) is 18.5 Å². The van der Waals surface area contributed by atoms with Crippen LogP contribution in [0.15, 0.2) is 12.1 Å². The molecule has 1 amide bonds. The number of nitriles is 1. The van der Waals surface area contributed by atoms with E-state index in [1.54, 1.807) is 17.0 Å². The number of nitrogens with two attached hydrogens (primary N) is 1. The zero-order valence-electron chi connectivity index (χ0n) is 13.1. The summed E-state index contributed by atoms with van der Waals surface area (Å²) in [4.78, 5) is 18.6. The van der Waals surface area contributed by atoms with Crippen molar-refractivity contribution in [3.05, 3.63) is 23.4 Å². The summed E-state index contributed by atoms with van der Waals surface area (Å²) in [5.74, 6) is 5.79. The van der Waals surface area contributed by atoms with Gasteiger partial charge in [0.05, 0.1) is 12.5 Å². The molecule has 0 aromatic carbocycles. The lowest BCUT2D eigenvalue weighted by atomic mass is 9.90. The van der Waals surface area contributed by atoms with E-state index in [1.807, 2.05) is 27.7 Å². The van der Waals surface area contributed by atoms with Gasteiger partial charge in [-0.05, 0) is 19.1 Å². The number of rotatable bonds is 5. The maximum atomic E-state index is 12.5. The summed E-state index contributed by atoms with van der Waals surface area (Å²) in [5.41, 5.74) is 3.63. The van der Waals surface area contributed by atoms with Gasteiger partial charge in [0, 0.05) is 29.8 Å². The Morgan fingerprint density at radius 3 is 2.62 bits per heavy atom. The summed E-state index contributed by atoms with van der Waals surface area (Å²) < 4.78 is 0. The second-order valence-electron chi connectivity index (χ2n) is 5.81. The van der Waals surface area contributed by atoms with Gasteiger partial charge in [0.15, 0.2) is 0 Å². The SMILES string of the molecule is CCN(CCC#N)C(=O)c1cc(NN)nc(C(C)(C)C)c1. The molecule has 21 heavy (non-hydrogen) atoms. The lowest BCUT2D eigenvalue weighted by molar-refractivity contribution is 0.0767. The fraction of sp³-hybridized carbons (Fsp3) is 0.533. The monoisotopic (exact) mass is 289 g/mol. The number of nitrogens with one attached hydrogen (secondary N) is 1. The number of carbonyl (C=O) groups excluding carboxylic acids is 1. The lowest BCUT2D eigenvalue weighted by Gasteiger charge is -2.23. The average Bonchev–Trinajstić information content (AvgIpc) is 2.46. The quantitative estimate of drug-likeness (QED) is 0.639. The van der Waals surface area contributed by atoms with Gasteiger partial charge in [-0.3, -0.25) is 4.79 Å². The number of hydrazine groups is 1. The van der Waals surface area contributed by atoms with Crippen LogP contribution in [0.4, 0.5) is 5.82 Å². The maximum absolute atomic E-state index is 12.5. The minimum Gasteiger partial charge on any atom is -0.338 e. The van der Waals surface area contributed by atoms with E-state index in [0.717, 1.165) is 5.69 Å². The van der Waals surface area contributed by atoms with Gasteiger partial charge in [-0.1, -0.05) is 20.8 Å². The molecule has 1 rings (SSSR count). The largest absolute Gasteiger partial charge is 0.338 e. The van der Waals surface area contributed by atoms with E-state index >= 15 is 0 Å². The summed E-state index contributed by atoms with van der Waals surface area (Å²) in [6.45, 7) is 8.94. The molecule has 6 nitrogen and oxygen atoms in total. The molecule has 0 bridgehead atoms. The molecule has 0 aliphatic heterocycles. The zero-order valence-corrected chi connectivity index (χ0v) is 13.1. The zero-order chi connectivity index (χ0) is 16.0. The van der Waals surface area contributed by atoms with Crippen LogP contribution in [0.2, 0.25) is 0 Å². The molecule has 0 aliphatic rings. The third-order valence-electron chi connectivity index (χ3n) is 3.15. The van der Waals surface area contributed by atoms with Gasteiger partial charge in [-0.25, -0.2) is 10.8 Å². The van der Waals surface area contributed by atoms with Gasteiger partial charge in [0.25, 0.3) is 5.91 Å². The van der Waals surface area contributed by atoms with Gasteiger partial charge in [-0.2, -0.15) is 5.26 Å². The van der Waals surface area contributed by atoms with E-state index in [0.29, 0.717) is 30.9 Å². The van der Waals surface area contributed by atoms with E-state index in [2.05, 4.69) is 16.5 Å². The molecule has 0 atom stereocenters. The number of anilines is 1. The third-order valence-corrected chi connectivity index (χ3v) is 3.15. The Labute approximate surface area is 125 Å². The summed E-state index contributed by atoms with van der Waals surface area (Å²) in [7, 11) is 0. The first kappa shape index (κ1) is 16.9. The highest BCUT2D eigenvalue weighted by molar-refractivity contribution is 5.95. The number of aromatic nitrogens is 1. The standard InChI is InChI=1S/C15H23N5O/c1-5-20(8-6-7-16)14(21)11-9-12(15(2,3)4)18-13(10-11)19-17/h9-10H,5-6,8,17H2,1-4H3,(H,18,19). The van der Waals surface area contributed by atoms with E-state index in [1.165, 1.54) is 0 Å². The molecule has 0 fully saturated rings. The predicted octanol–water partition coefficient (Wildman–Crippen LogP) is 2.04. The van der Waals surface area contributed by atoms with Crippen LogP contribution in [0.5, 0.6) is 0 Å².